The average molecular weight is 139 g/mol. The predicted molar refractivity (Wildman–Crippen MR) is 39.3 cm³/mol. The fourth-order valence-corrected chi connectivity index (χ4v) is 0.467. The monoisotopic (exact) mass is 139 g/mol. The predicted octanol–water partition coefficient (Wildman–Crippen LogP) is 1.22. The lowest BCUT2D eigenvalue weighted by molar-refractivity contribution is -0.132. The molecule has 3 heteroatoms. The summed E-state index contributed by atoms with van der Waals surface area (Å²) in [6.07, 6.45) is 5.22. The molecule has 0 fully saturated rings. The minimum Gasteiger partial charge on any atom is -0.478 e. The third-order valence-electron chi connectivity index (χ3n) is 0.856. The van der Waals surface area contributed by atoms with Gasteiger partial charge >= 0.3 is 5.97 Å². The van der Waals surface area contributed by atoms with Crippen LogP contribution in [0.25, 0.3) is 0 Å². The molecule has 0 aromatic rings. The molecule has 3 nitrogen and oxygen atoms in total. The topological polar surface area (TPSA) is 61.2 Å². The quantitative estimate of drug-likeness (QED) is 0.351. The maximum absolute atomic E-state index is 10.3. The number of carbonyl (C=O) groups is 1. The second-order valence-electron chi connectivity index (χ2n) is 1.59. The zero-order valence-corrected chi connectivity index (χ0v) is 5.66. The summed E-state index contributed by atoms with van der Waals surface area (Å²) in [6.45, 7) is 1.72. The van der Waals surface area contributed by atoms with Gasteiger partial charge in [0, 0.05) is 6.21 Å². The van der Waals surface area contributed by atoms with Crippen LogP contribution in [-0.2, 0) is 4.79 Å². The van der Waals surface area contributed by atoms with Crippen molar-refractivity contribution in [2.45, 2.75) is 6.92 Å². The molecule has 0 saturated heterocycles. The summed E-state index contributed by atoms with van der Waals surface area (Å²) in [7, 11) is 0. The van der Waals surface area contributed by atoms with Gasteiger partial charge < -0.3 is 10.5 Å². The average Bonchev–Trinajstić information content (AvgIpc) is 1.87. The molecule has 0 rings (SSSR count). The van der Waals surface area contributed by atoms with Gasteiger partial charge in [-0.1, -0.05) is 12.2 Å². The standard InChI is InChI=1S/C7H9NO2/c1-2-3-6(4-5-8)7(9)10/h2-5,8H,1H3,(H,9,10)/b3-2-,6-4+,8-5?. The maximum atomic E-state index is 10.3. The lowest BCUT2D eigenvalue weighted by Crippen LogP contribution is -1.97. The Hall–Kier alpha value is -1.38. The molecule has 0 aliphatic rings. The molecule has 0 heterocycles. The first-order chi connectivity index (χ1) is 4.72. The maximum Gasteiger partial charge on any atom is 0.335 e. The van der Waals surface area contributed by atoms with Crippen LogP contribution >= 0.6 is 0 Å². The SMILES string of the molecule is C/C=C\C(=C/C=N)C(=O)O. The van der Waals surface area contributed by atoms with Gasteiger partial charge in [0.25, 0.3) is 0 Å². The molecule has 0 spiro atoms. The summed E-state index contributed by atoms with van der Waals surface area (Å²) in [5, 5.41) is 15.0. The van der Waals surface area contributed by atoms with E-state index in [4.69, 9.17) is 10.5 Å². The summed E-state index contributed by atoms with van der Waals surface area (Å²) in [4.78, 5) is 10.3. The van der Waals surface area contributed by atoms with Gasteiger partial charge in [-0.2, -0.15) is 0 Å². The summed E-state index contributed by atoms with van der Waals surface area (Å²) < 4.78 is 0. The molecule has 0 aliphatic carbocycles. The number of hydrogen-bond donors (Lipinski definition) is 2. The zero-order valence-electron chi connectivity index (χ0n) is 5.66. The zero-order chi connectivity index (χ0) is 7.98. The highest BCUT2D eigenvalue weighted by Gasteiger charge is 1.98. The van der Waals surface area contributed by atoms with E-state index in [1.54, 1.807) is 13.0 Å². The van der Waals surface area contributed by atoms with Gasteiger partial charge in [0.15, 0.2) is 0 Å². The van der Waals surface area contributed by atoms with Gasteiger partial charge in [-0.3, -0.25) is 0 Å². The number of hydrogen-bond acceptors (Lipinski definition) is 2. The van der Waals surface area contributed by atoms with E-state index < -0.39 is 5.97 Å². The lowest BCUT2D eigenvalue weighted by Gasteiger charge is -1.88. The first-order valence-corrected chi connectivity index (χ1v) is 2.79. The number of nitrogens with one attached hydrogen (secondary N) is 1. The van der Waals surface area contributed by atoms with Crippen LogP contribution in [0.4, 0.5) is 0 Å². The molecule has 0 radical (unpaired) electrons. The largest absolute Gasteiger partial charge is 0.478 e. The number of carboxylic acid groups (broad SMARTS) is 1. The Morgan fingerprint density at radius 3 is 2.50 bits per heavy atom. The summed E-state index contributed by atoms with van der Waals surface area (Å²) in [6, 6.07) is 0. The Balaban J connectivity index is 4.41. The Labute approximate surface area is 59.2 Å². The highest BCUT2D eigenvalue weighted by molar-refractivity contribution is 5.94. The smallest absolute Gasteiger partial charge is 0.335 e. The van der Waals surface area contributed by atoms with Crippen molar-refractivity contribution in [2.75, 3.05) is 0 Å². The van der Waals surface area contributed by atoms with Crippen molar-refractivity contribution >= 4 is 12.2 Å². The third kappa shape index (κ3) is 2.81. The molecular formula is C7H9NO2. The molecule has 2 N–H and O–H groups in total. The van der Waals surface area contributed by atoms with E-state index in [0.29, 0.717) is 0 Å². The van der Waals surface area contributed by atoms with Gasteiger partial charge in [0.05, 0.1) is 5.57 Å². The molecule has 0 atom stereocenters. The van der Waals surface area contributed by atoms with Crippen LogP contribution in [0.2, 0.25) is 0 Å². The van der Waals surface area contributed by atoms with E-state index in [-0.39, 0.29) is 5.57 Å². The molecule has 0 aliphatic heterocycles. The van der Waals surface area contributed by atoms with Crippen molar-refractivity contribution < 1.29 is 9.90 Å². The first kappa shape index (κ1) is 8.62. The second-order valence-corrected chi connectivity index (χ2v) is 1.59. The van der Waals surface area contributed by atoms with E-state index in [1.807, 2.05) is 0 Å². The minimum atomic E-state index is -1.01. The molecule has 0 saturated carbocycles. The van der Waals surface area contributed by atoms with Gasteiger partial charge in [-0.25, -0.2) is 4.79 Å². The van der Waals surface area contributed by atoms with E-state index in [2.05, 4.69) is 0 Å². The summed E-state index contributed by atoms with van der Waals surface area (Å²) in [5.41, 5.74) is 0.123. The number of rotatable bonds is 3. The van der Waals surface area contributed by atoms with Gasteiger partial charge in [0.2, 0.25) is 0 Å². The van der Waals surface area contributed by atoms with E-state index >= 15 is 0 Å². The highest BCUT2D eigenvalue weighted by atomic mass is 16.4. The van der Waals surface area contributed by atoms with E-state index in [0.717, 1.165) is 6.21 Å². The van der Waals surface area contributed by atoms with Crippen LogP contribution in [-0.4, -0.2) is 17.3 Å². The van der Waals surface area contributed by atoms with Crippen LogP contribution in [0.15, 0.2) is 23.8 Å². The minimum absolute atomic E-state index is 0.123. The Morgan fingerprint density at radius 1 is 1.60 bits per heavy atom. The molecular weight excluding hydrogens is 130 g/mol. The first-order valence-electron chi connectivity index (χ1n) is 2.79. The molecule has 0 aromatic heterocycles. The molecule has 54 valence electrons. The number of aliphatic carboxylic acids is 1. The Morgan fingerprint density at radius 2 is 2.20 bits per heavy atom. The Kier molecular flexibility index (Phi) is 3.87. The fourth-order valence-electron chi connectivity index (χ4n) is 0.467. The van der Waals surface area contributed by atoms with Gasteiger partial charge in [-0.15, -0.1) is 0 Å². The fraction of sp³-hybridized carbons (Fsp3) is 0.143. The van der Waals surface area contributed by atoms with Crippen molar-refractivity contribution in [3.63, 3.8) is 0 Å². The number of allylic oxidation sites excluding steroid dienone is 2. The van der Waals surface area contributed by atoms with Crippen LogP contribution in [0, 0.1) is 5.41 Å². The van der Waals surface area contributed by atoms with Crippen LogP contribution < -0.4 is 0 Å². The van der Waals surface area contributed by atoms with Crippen LogP contribution in [0.3, 0.4) is 0 Å². The molecule has 0 unspecified atom stereocenters. The number of carboxylic acids is 1. The molecule has 0 amide bonds. The van der Waals surface area contributed by atoms with Gasteiger partial charge in [0.1, 0.15) is 0 Å². The van der Waals surface area contributed by atoms with Crippen molar-refractivity contribution in [3.8, 4) is 0 Å². The van der Waals surface area contributed by atoms with Crippen molar-refractivity contribution in [1.82, 2.24) is 0 Å². The molecule has 0 aromatic carbocycles. The van der Waals surface area contributed by atoms with Crippen molar-refractivity contribution in [1.29, 1.82) is 5.41 Å². The molecule has 0 bridgehead atoms. The third-order valence-corrected chi connectivity index (χ3v) is 0.856. The summed E-state index contributed by atoms with van der Waals surface area (Å²) in [5.74, 6) is -1.01. The van der Waals surface area contributed by atoms with Crippen molar-refractivity contribution in [2.24, 2.45) is 0 Å². The second kappa shape index (κ2) is 4.49. The molecule has 10 heavy (non-hydrogen) atoms. The van der Waals surface area contributed by atoms with Gasteiger partial charge in [-0.05, 0) is 13.0 Å². The van der Waals surface area contributed by atoms with Crippen molar-refractivity contribution in [3.05, 3.63) is 23.8 Å². The van der Waals surface area contributed by atoms with Crippen LogP contribution in [0.5, 0.6) is 0 Å². The van der Waals surface area contributed by atoms with E-state index in [9.17, 15) is 4.79 Å². The van der Waals surface area contributed by atoms with Crippen LogP contribution in [0.1, 0.15) is 6.92 Å². The Bertz CT molecular complexity index is 192. The van der Waals surface area contributed by atoms with E-state index in [1.165, 1.54) is 12.2 Å². The normalized spacial score (nSPS) is 11.9. The highest BCUT2D eigenvalue weighted by Crippen LogP contribution is 1.94. The lowest BCUT2D eigenvalue weighted by atomic mass is 10.2. The summed E-state index contributed by atoms with van der Waals surface area (Å²) >= 11 is 0.